The summed E-state index contributed by atoms with van der Waals surface area (Å²) in [5.74, 6) is 1.78. The van der Waals surface area contributed by atoms with Crippen molar-refractivity contribution in [1.29, 1.82) is 0 Å². The van der Waals surface area contributed by atoms with Crippen LogP contribution < -0.4 is 16.4 Å². The molecule has 3 rings (SSSR count). The number of rotatable bonds is 5. The highest BCUT2D eigenvalue weighted by Gasteiger charge is 2.08. The van der Waals surface area contributed by atoms with Crippen LogP contribution in [-0.4, -0.2) is 19.9 Å². The number of nitrogens with zero attached hydrogens (tertiary/aromatic N) is 4. The first-order valence-corrected chi connectivity index (χ1v) is 7.16. The Hall–Kier alpha value is -3.22. The normalized spacial score (nSPS) is 10.3. The smallest absolute Gasteiger partial charge is 0.160 e. The minimum atomic E-state index is 0.444. The van der Waals surface area contributed by atoms with Crippen LogP contribution in [0.2, 0.25) is 0 Å². The second kappa shape index (κ2) is 6.69. The van der Waals surface area contributed by atoms with Gasteiger partial charge in [-0.05, 0) is 30.7 Å². The molecule has 0 spiro atoms. The zero-order valence-electron chi connectivity index (χ0n) is 12.7. The lowest BCUT2D eigenvalue weighted by atomic mass is 10.3. The fourth-order valence-corrected chi connectivity index (χ4v) is 2.06. The molecule has 0 aromatic carbocycles. The lowest BCUT2D eigenvalue weighted by Crippen LogP contribution is -2.08. The summed E-state index contributed by atoms with van der Waals surface area (Å²) in [6.07, 6.45) is 4.99. The molecule has 3 aromatic rings. The molecule has 0 saturated heterocycles. The van der Waals surface area contributed by atoms with Crippen molar-refractivity contribution in [3.63, 3.8) is 0 Å². The summed E-state index contributed by atoms with van der Waals surface area (Å²) >= 11 is 0. The van der Waals surface area contributed by atoms with Crippen LogP contribution in [-0.2, 0) is 6.54 Å². The van der Waals surface area contributed by atoms with E-state index < -0.39 is 0 Å². The molecule has 0 fully saturated rings. The first-order valence-electron chi connectivity index (χ1n) is 7.16. The van der Waals surface area contributed by atoms with Crippen LogP contribution in [0.4, 0.5) is 23.1 Å². The van der Waals surface area contributed by atoms with Crippen LogP contribution in [0.3, 0.4) is 0 Å². The van der Waals surface area contributed by atoms with Crippen LogP contribution in [0.15, 0.2) is 49.1 Å². The third kappa shape index (κ3) is 3.70. The second-order valence-electron chi connectivity index (χ2n) is 4.99. The number of nitrogens with two attached hydrogens (primary N) is 1. The van der Waals surface area contributed by atoms with Gasteiger partial charge in [-0.3, -0.25) is 4.98 Å². The standard InChI is InChI=1S/C16H17N7/c1-11-4-2-6-13(22-11)23-16-14(17)15(20-10-21-16)19-9-12-5-3-7-18-8-12/h2-8,10H,9,17H2,1H3,(H2,19,20,21,22,23). The number of hydrogen-bond acceptors (Lipinski definition) is 7. The van der Waals surface area contributed by atoms with Gasteiger partial charge in [-0.25, -0.2) is 15.0 Å². The van der Waals surface area contributed by atoms with Crippen LogP contribution in [0, 0.1) is 6.92 Å². The summed E-state index contributed by atoms with van der Waals surface area (Å²) < 4.78 is 0. The van der Waals surface area contributed by atoms with E-state index in [9.17, 15) is 0 Å². The van der Waals surface area contributed by atoms with Gasteiger partial charge in [0.05, 0.1) is 0 Å². The zero-order valence-corrected chi connectivity index (χ0v) is 12.7. The van der Waals surface area contributed by atoms with Crippen LogP contribution in [0.25, 0.3) is 0 Å². The van der Waals surface area contributed by atoms with Crippen molar-refractivity contribution in [2.75, 3.05) is 16.4 Å². The van der Waals surface area contributed by atoms with E-state index in [1.165, 1.54) is 6.33 Å². The molecule has 3 heterocycles. The molecule has 0 bridgehead atoms. The van der Waals surface area contributed by atoms with Gasteiger partial charge in [0, 0.05) is 24.6 Å². The maximum Gasteiger partial charge on any atom is 0.160 e. The molecule has 116 valence electrons. The van der Waals surface area contributed by atoms with E-state index >= 15 is 0 Å². The lowest BCUT2D eigenvalue weighted by Gasteiger charge is -2.12. The number of nitrogen functional groups attached to an aromatic ring is 1. The predicted molar refractivity (Wildman–Crippen MR) is 90.3 cm³/mol. The second-order valence-corrected chi connectivity index (χ2v) is 4.99. The number of nitrogens with one attached hydrogen (secondary N) is 2. The number of aromatic nitrogens is 4. The molecule has 0 aliphatic heterocycles. The summed E-state index contributed by atoms with van der Waals surface area (Å²) in [7, 11) is 0. The fourth-order valence-electron chi connectivity index (χ4n) is 2.06. The third-order valence-electron chi connectivity index (χ3n) is 3.20. The van der Waals surface area contributed by atoms with Crippen molar-refractivity contribution in [2.24, 2.45) is 0 Å². The Balaban J connectivity index is 1.75. The van der Waals surface area contributed by atoms with Crippen molar-refractivity contribution in [2.45, 2.75) is 13.5 Å². The minimum Gasteiger partial charge on any atom is -0.393 e. The maximum atomic E-state index is 6.14. The molecule has 0 amide bonds. The highest BCUT2D eigenvalue weighted by atomic mass is 15.1. The first-order chi connectivity index (χ1) is 11.2. The molecule has 0 aliphatic rings. The zero-order chi connectivity index (χ0) is 16.1. The number of hydrogen-bond donors (Lipinski definition) is 3. The van der Waals surface area contributed by atoms with E-state index in [-0.39, 0.29) is 0 Å². The van der Waals surface area contributed by atoms with Gasteiger partial charge in [-0.1, -0.05) is 12.1 Å². The van der Waals surface area contributed by atoms with Crippen LogP contribution in [0.5, 0.6) is 0 Å². The quantitative estimate of drug-likeness (QED) is 0.665. The van der Waals surface area contributed by atoms with E-state index in [4.69, 9.17) is 5.73 Å². The Morgan fingerprint density at radius 3 is 2.74 bits per heavy atom. The van der Waals surface area contributed by atoms with Gasteiger partial charge in [0.1, 0.15) is 17.8 Å². The molecule has 4 N–H and O–H groups in total. The van der Waals surface area contributed by atoms with Crippen LogP contribution in [0.1, 0.15) is 11.3 Å². The Kier molecular flexibility index (Phi) is 4.28. The minimum absolute atomic E-state index is 0.444. The Morgan fingerprint density at radius 1 is 1.09 bits per heavy atom. The molecule has 0 radical (unpaired) electrons. The summed E-state index contributed by atoms with van der Waals surface area (Å²) in [5.41, 5.74) is 8.54. The average molecular weight is 307 g/mol. The number of anilines is 4. The molecule has 0 unspecified atom stereocenters. The van der Waals surface area contributed by atoms with E-state index in [0.717, 1.165) is 11.3 Å². The average Bonchev–Trinajstić information content (AvgIpc) is 2.57. The topological polar surface area (TPSA) is 102 Å². The van der Waals surface area contributed by atoms with Gasteiger partial charge in [-0.15, -0.1) is 0 Å². The van der Waals surface area contributed by atoms with E-state index in [1.54, 1.807) is 12.4 Å². The van der Waals surface area contributed by atoms with Crippen molar-refractivity contribution in [3.8, 4) is 0 Å². The molecular formula is C16H17N7. The highest BCUT2D eigenvalue weighted by molar-refractivity contribution is 5.76. The summed E-state index contributed by atoms with van der Waals surface area (Å²) in [6, 6.07) is 9.57. The van der Waals surface area contributed by atoms with Crippen molar-refractivity contribution in [3.05, 3.63) is 60.3 Å². The molecule has 3 aromatic heterocycles. The molecule has 0 atom stereocenters. The van der Waals surface area contributed by atoms with Gasteiger partial charge < -0.3 is 16.4 Å². The summed E-state index contributed by atoms with van der Waals surface area (Å²) in [4.78, 5) is 16.8. The molecule has 23 heavy (non-hydrogen) atoms. The van der Waals surface area contributed by atoms with Gasteiger partial charge in [0.25, 0.3) is 0 Å². The molecule has 0 saturated carbocycles. The van der Waals surface area contributed by atoms with Gasteiger partial charge >= 0.3 is 0 Å². The highest BCUT2D eigenvalue weighted by Crippen LogP contribution is 2.25. The van der Waals surface area contributed by atoms with Gasteiger partial charge in [-0.2, -0.15) is 0 Å². The lowest BCUT2D eigenvalue weighted by molar-refractivity contribution is 1.07. The fraction of sp³-hybridized carbons (Fsp3) is 0.125. The Labute approximate surface area is 134 Å². The van der Waals surface area contributed by atoms with Crippen molar-refractivity contribution >= 4 is 23.1 Å². The van der Waals surface area contributed by atoms with Crippen molar-refractivity contribution in [1.82, 2.24) is 19.9 Å². The number of pyridine rings is 2. The van der Waals surface area contributed by atoms with E-state index in [0.29, 0.717) is 29.7 Å². The largest absolute Gasteiger partial charge is 0.393 e. The maximum absolute atomic E-state index is 6.14. The van der Waals surface area contributed by atoms with Gasteiger partial charge in [0.2, 0.25) is 0 Å². The monoisotopic (exact) mass is 307 g/mol. The Morgan fingerprint density at radius 2 is 1.96 bits per heavy atom. The molecule has 7 heteroatoms. The summed E-state index contributed by atoms with van der Waals surface area (Å²) in [5, 5.41) is 6.30. The third-order valence-corrected chi connectivity index (χ3v) is 3.20. The first kappa shape index (κ1) is 14.7. The van der Waals surface area contributed by atoms with Crippen molar-refractivity contribution < 1.29 is 0 Å². The van der Waals surface area contributed by atoms with E-state index in [1.807, 2.05) is 37.3 Å². The van der Waals surface area contributed by atoms with E-state index in [2.05, 4.69) is 30.6 Å². The molecular weight excluding hydrogens is 290 g/mol. The Bertz CT molecular complexity index is 789. The van der Waals surface area contributed by atoms with Crippen LogP contribution >= 0.6 is 0 Å². The summed E-state index contributed by atoms with van der Waals surface area (Å²) in [6.45, 7) is 2.51. The van der Waals surface area contributed by atoms with Gasteiger partial charge in [0.15, 0.2) is 11.6 Å². The molecule has 7 nitrogen and oxygen atoms in total. The predicted octanol–water partition coefficient (Wildman–Crippen LogP) is 2.51. The number of aryl methyl sites for hydroxylation is 1. The SMILES string of the molecule is Cc1cccc(Nc2ncnc(NCc3cccnc3)c2N)n1. The molecule has 0 aliphatic carbocycles.